The summed E-state index contributed by atoms with van der Waals surface area (Å²) < 4.78 is 5.22. The highest BCUT2D eigenvalue weighted by Crippen LogP contribution is 2.29. The number of nitrogens with one attached hydrogen (secondary N) is 1. The topological polar surface area (TPSA) is 55.4 Å². The van der Waals surface area contributed by atoms with Gasteiger partial charge in [0.2, 0.25) is 5.91 Å². The number of halogens is 1. The predicted octanol–water partition coefficient (Wildman–Crippen LogP) is 4.03. The number of benzene rings is 1. The fourth-order valence-electron chi connectivity index (χ4n) is 2.95. The highest BCUT2D eigenvalue weighted by Gasteiger charge is 2.27. The molecule has 0 bridgehead atoms. The smallest absolute Gasteiger partial charge is 0.308 e. The number of rotatable bonds is 6. The summed E-state index contributed by atoms with van der Waals surface area (Å²) in [7, 11) is 0. The zero-order valence-electron chi connectivity index (χ0n) is 13.7. The minimum Gasteiger partial charge on any atom is -0.463 e. The zero-order valence-corrected chi connectivity index (χ0v) is 14.4. The van der Waals surface area contributed by atoms with Gasteiger partial charge in [0.25, 0.3) is 0 Å². The second-order valence-electron chi connectivity index (χ2n) is 6.31. The molecule has 4 nitrogen and oxygen atoms in total. The van der Waals surface area contributed by atoms with Crippen LogP contribution in [-0.4, -0.2) is 18.0 Å². The van der Waals surface area contributed by atoms with Gasteiger partial charge in [0.15, 0.2) is 0 Å². The Morgan fingerprint density at radius 3 is 2.52 bits per heavy atom. The van der Waals surface area contributed by atoms with Gasteiger partial charge in [-0.25, -0.2) is 0 Å². The van der Waals surface area contributed by atoms with Crippen molar-refractivity contribution in [1.82, 2.24) is 5.32 Å². The van der Waals surface area contributed by atoms with Gasteiger partial charge in [-0.1, -0.05) is 42.6 Å². The molecule has 126 valence electrons. The highest BCUT2D eigenvalue weighted by atomic mass is 35.5. The summed E-state index contributed by atoms with van der Waals surface area (Å²) in [4.78, 5) is 24.5. The average Bonchev–Trinajstić information content (AvgIpc) is 3.00. The minimum absolute atomic E-state index is 0.00441. The highest BCUT2D eigenvalue weighted by molar-refractivity contribution is 6.31. The standard InChI is InChI=1S/C18H24ClNO3/c1-12(2)23-17(21)11-16(14-9-5-6-10-15(14)19)20-18(22)13-7-3-4-8-13/h5-6,9-10,12-13,16H,3-4,7-8,11H2,1-2H3,(H,20,22). The summed E-state index contributed by atoms with van der Waals surface area (Å²) in [5, 5.41) is 3.54. The Morgan fingerprint density at radius 1 is 1.26 bits per heavy atom. The molecule has 0 aliphatic heterocycles. The number of hydrogen-bond acceptors (Lipinski definition) is 3. The molecule has 1 atom stereocenters. The molecule has 0 radical (unpaired) electrons. The van der Waals surface area contributed by atoms with Crippen molar-refractivity contribution in [2.45, 2.75) is 58.1 Å². The maximum Gasteiger partial charge on any atom is 0.308 e. The first-order valence-electron chi connectivity index (χ1n) is 8.21. The third-order valence-corrected chi connectivity index (χ3v) is 4.41. The molecular formula is C18H24ClNO3. The molecule has 0 saturated heterocycles. The van der Waals surface area contributed by atoms with Gasteiger partial charge >= 0.3 is 5.97 Å². The van der Waals surface area contributed by atoms with Crippen LogP contribution in [-0.2, 0) is 14.3 Å². The lowest BCUT2D eigenvalue weighted by Crippen LogP contribution is -2.34. The van der Waals surface area contributed by atoms with E-state index in [-0.39, 0.29) is 30.3 Å². The number of amides is 1. The van der Waals surface area contributed by atoms with E-state index in [4.69, 9.17) is 16.3 Å². The Hall–Kier alpha value is -1.55. The molecule has 23 heavy (non-hydrogen) atoms. The van der Waals surface area contributed by atoms with Crippen LogP contribution in [0.5, 0.6) is 0 Å². The van der Waals surface area contributed by atoms with Crippen molar-refractivity contribution in [3.05, 3.63) is 34.9 Å². The van der Waals surface area contributed by atoms with Crippen molar-refractivity contribution in [1.29, 1.82) is 0 Å². The number of carbonyl (C=O) groups excluding carboxylic acids is 2. The Balaban J connectivity index is 2.12. The van der Waals surface area contributed by atoms with Crippen LogP contribution >= 0.6 is 11.6 Å². The van der Waals surface area contributed by atoms with Crippen molar-refractivity contribution in [3.8, 4) is 0 Å². The van der Waals surface area contributed by atoms with E-state index in [1.165, 1.54) is 0 Å². The van der Waals surface area contributed by atoms with E-state index in [1.807, 2.05) is 18.2 Å². The van der Waals surface area contributed by atoms with Crippen molar-refractivity contribution < 1.29 is 14.3 Å². The Bertz CT molecular complexity index is 553. The molecule has 0 aromatic heterocycles. The van der Waals surface area contributed by atoms with E-state index in [1.54, 1.807) is 19.9 Å². The normalized spacial score (nSPS) is 16.3. The van der Waals surface area contributed by atoms with Gasteiger partial charge in [-0.3, -0.25) is 9.59 Å². The van der Waals surface area contributed by atoms with Gasteiger partial charge < -0.3 is 10.1 Å². The summed E-state index contributed by atoms with van der Waals surface area (Å²) in [6.07, 6.45) is 3.91. The van der Waals surface area contributed by atoms with Crippen LogP contribution in [0.15, 0.2) is 24.3 Å². The fraction of sp³-hybridized carbons (Fsp3) is 0.556. The monoisotopic (exact) mass is 337 g/mol. The van der Waals surface area contributed by atoms with Gasteiger partial charge in [-0.05, 0) is 38.3 Å². The first kappa shape index (κ1) is 17.8. The molecule has 0 heterocycles. The lowest BCUT2D eigenvalue weighted by molar-refractivity contribution is -0.148. The van der Waals surface area contributed by atoms with Crippen molar-refractivity contribution in [2.75, 3.05) is 0 Å². The van der Waals surface area contributed by atoms with E-state index in [2.05, 4.69) is 5.32 Å². The van der Waals surface area contributed by atoms with Gasteiger partial charge in [-0.15, -0.1) is 0 Å². The lowest BCUT2D eigenvalue weighted by Gasteiger charge is -2.22. The third kappa shape index (κ3) is 5.24. The molecular weight excluding hydrogens is 314 g/mol. The summed E-state index contributed by atoms with van der Waals surface area (Å²) in [6.45, 7) is 3.61. The van der Waals surface area contributed by atoms with Gasteiger partial charge in [0, 0.05) is 10.9 Å². The largest absolute Gasteiger partial charge is 0.463 e. The second-order valence-corrected chi connectivity index (χ2v) is 6.71. The maximum atomic E-state index is 12.4. The summed E-state index contributed by atoms with van der Waals surface area (Å²) in [6, 6.07) is 6.82. The average molecular weight is 338 g/mol. The number of ether oxygens (including phenoxy) is 1. The number of hydrogen-bond donors (Lipinski definition) is 1. The van der Waals surface area contributed by atoms with Crippen LogP contribution in [0.4, 0.5) is 0 Å². The van der Waals surface area contributed by atoms with Crippen LogP contribution in [0.3, 0.4) is 0 Å². The SMILES string of the molecule is CC(C)OC(=O)CC(NC(=O)C1CCCC1)c1ccccc1Cl. The van der Waals surface area contributed by atoms with Crippen LogP contribution < -0.4 is 5.32 Å². The van der Waals surface area contributed by atoms with E-state index >= 15 is 0 Å². The summed E-state index contributed by atoms with van der Waals surface area (Å²) >= 11 is 6.25. The Kier molecular flexibility index (Phi) is 6.46. The lowest BCUT2D eigenvalue weighted by atomic mass is 10.0. The first-order valence-corrected chi connectivity index (χ1v) is 8.59. The number of esters is 1. The van der Waals surface area contributed by atoms with E-state index in [0.29, 0.717) is 5.02 Å². The Morgan fingerprint density at radius 2 is 1.91 bits per heavy atom. The molecule has 1 aromatic rings. The molecule has 0 spiro atoms. The molecule has 1 aliphatic rings. The Labute approximate surface area is 142 Å². The predicted molar refractivity (Wildman–Crippen MR) is 90.1 cm³/mol. The molecule has 1 amide bonds. The van der Waals surface area contributed by atoms with Gasteiger partial charge in [-0.2, -0.15) is 0 Å². The van der Waals surface area contributed by atoms with Crippen molar-refractivity contribution >= 4 is 23.5 Å². The summed E-state index contributed by atoms with van der Waals surface area (Å²) in [5.74, 6) is -0.289. The summed E-state index contributed by atoms with van der Waals surface area (Å²) in [5.41, 5.74) is 0.751. The van der Waals surface area contributed by atoms with Crippen LogP contribution in [0.2, 0.25) is 5.02 Å². The first-order chi connectivity index (χ1) is 11.0. The van der Waals surface area contributed by atoms with Crippen molar-refractivity contribution in [3.63, 3.8) is 0 Å². The zero-order chi connectivity index (χ0) is 16.8. The molecule has 2 rings (SSSR count). The van der Waals surface area contributed by atoms with Crippen molar-refractivity contribution in [2.24, 2.45) is 5.92 Å². The van der Waals surface area contributed by atoms with E-state index in [9.17, 15) is 9.59 Å². The van der Waals surface area contributed by atoms with Gasteiger partial charge in [0.1, 0.15) is 0 Å². The van der Waals surface area contributed by atoms with Crippen LogP contribution in [0.25, 0.3) is 0 Å². The van der Waals surface area contributed by atoms with E-state index in [0.717, 1.165) is 31.2 Å². The second kappa shape index (κ2) is 8.34. The molecule has 1 aliphatic carbocycles. The molecule has 1 N–H and O–H groups in total. The van der Waals surface area contributed by atoms with Crippen LogP contribution in [0, 0.1) is 5.92 Å². The van der Waals surface area contributed by atoms with E-state index < -0.39 is 6.04 Å². The third-order valence-electron chi connectivity index (χ3n) is 4.06. The molecule has 1 saturated carbocycles. The molecule has 1 aromatic carbocycles. The number of carbonyl (C=O) groups is 2. The molecule has 1 unspecified atom stereocenters. The maximum absolute atomic E-state index is 12.4. The quantitative estimate of drug-likeness (QED) is 0.797. The minimum atomic E-state index is -0.456. The molecule has 5 heteroatoms. The van der Waals surface area contributed by atoms with Crippen LogP contribution in [0.1, 0.15) is 57.6 Å². The fourth-order valence-corrected chi connectivity index (χ4v) is 3.22. The molecule has 1 fully saturated rings. The van der Waals surface area contributed by atoms with Gasteiger partial charge in [0.05, 0.1) is 18.6 Å².